The van der Waals surface area contributed by atoms with Crippen molar-refractivity contribution in [3.63, 3.8) is 0 Å². The van der Waals surface area contributed by atoms with Crippen LogP contribution >= 0.6 is 7.82 Å². The van der Waals surface area contributed by atoms with E-state index in [1.807, 2.05) is 6.07 Å². The maximum Gasteiger partial charge on any atom is 0.472 e. The fraction of sp³-hybridized carbons (Fsp3) is 0.667. The number of hydrogen-bond donors (Lipinski definition) is 1. The van der Waals surface area contributed by atoms with Crippen LogP contribution in [0.4, 0.5) is 0 Å². The molecule has 2 fully saturated rings. The van der Waals surface area contributed by atoms with Crippen molar-refractivity contribution in [1.82, 2.24) is 4.90 Å². The van der Waals surface area contributed by atoms with E-state index in [2.05, 4.69) is 28.6 Å². The number of likely N-dealkylation sites (N-methyl/N-ethyl adjacent to an activating group) is 1. The highest BCUT2D eigenvalue weighted by Crippen LogP contribution is 2.53. The Labute approximate surface area is 154 Å². The van der Waals surface area contributed by atoms with Gasteiger partial charge >= 0.3 is 7.82 Å². The first kappa shape index (κ1) is 19.6. The summed E-state index contributed by atoms with van der Waals surface area (Å²) in [5.74, 6) is 1.44. The third kappa shape index (κ3) is 3.51. The number of ether oxygens (including phenoxy) is 2. The van der Waals surface area contributed by atoms with Crippen LogP contribution in [0.5, 0.6) is 11.5 Å². The number of fused-ring (bicyclic) bond motifs is 1. The zero-order valence-corrected chi connectivity index (χ0v) is 16.7. The molecule has 0 aromatic heterocycles. The number of methoxy groups -OCH3 is 2. The lowest BCUT2D eigenvalue weighted by Crippen LogP contribution is -2.47. The molecule has 1 N–H and O–H groups in total. The van der Waals surface area contributed by atoms with Crippen LogP contribution in [0.2, 0.25) is 0 Å². The second-order valence-corrected chi connectivity index (χ2v) is 8.64. The normalized spacial score (nSPS) is 31.3. The van der Waals surface area contributed by atoms with E-state index in [1.54, 1.807) is 14.2 Å². The van der Waals surface area contributed by atoms with E-state index in [0.29, 0.717) is 18.6 Å². The van der Waals surface area contributed by atoms with Gasteiger partial charge < -0.3 is 19.3 Å². The van der Waals surface area contributed by atoms with E-state index < -0.39 is 7.82 Å². The van der Waals surface area contributed by atoms with E-state index in [0.717, 1.165) is 25.1 Å². The minimum absolute atomic E-state index is 0.0132. The lowest BCUT2D eigenvalue weighted by Gasteiger charge is -2.44. The molecule has 146 valence electrons. The Hall–Kier alpha value is -1.11. The number of phosphoric acid groups is 1. The molecular weight excluding hydrogens is 357 g/mol. The van der Waals surface area contributed by atoms with E-state index in [-0.39, 0.29) is 17.6 Å². The average Bonchev–Trinajstić information content (AvgIpc) is 2.98. The van der Waals surface area contributed by atoms with E-state index >= 15 is 0 Å². The number of rotatable bonds is 6. The highest BCUT2D eigenvalue weighted by Gasteiger charge is 2.51. The van der Waals surface area contributed by atoms with Crippen LogP contribution in [0.1, 0.15) is 31.2 Å². The van der Waals surface area contributed by atoms with Gasteiger partial charge in [-0.1, -0.05) is 6.07 Å². The van der Waals surface area contributed by atoms with Crippen LogP contribution < -0.4 is 9.47 Å². The maximum absolute atomic E-state index is 11.8. The summed E-state index contributed by atoms with van der Waals surface area (Å²) in [4.78, 5) is 12.0. The SMILES string of the molecule is COc1ccc([C@@]23CC[C@@H](OP(=O)(O)OC)C[C@@H]2N(C)CC3)cc1OC. The Morgan fingerprint density at radius 3 is 2.58 bits per heavy atom. The number of nitrogens with zero attached hydrogens (tertiary/aromatic N) is 1. The Kier molecular flexibility index (Phi) is 5.66. The zero-order chi connectivity index (χ0) is 18.9. The van der Waals surface area contributed by atoms with Crippen molar-refractivity contribution in [1.29, 1.82) is 0 Å². The van der Waals surface area contributed by atoms with Crippen LogP contribution in [0.3, 0.4) is 0 Å². The van der Waals surface area contributed by atoms with Crippen LogP contribution in [0.15, 0.2) is 18.2 Å². The molecule has 3 rings (SSSR count). The lowest BCUT2D eigenvalue weighted by molar-refractivity contribution is 0.0451. The summed E-state index contributed by atoms with van der Waals surface area (Å²) in [6, 6.07) is 6.36. The Morgan fingerprint density at radius 2 is 1.92 bits per heavy atom. The van der Waals surface area contributed by atoms with Crippen molar-refractivity contribution < 1.29 is 28.0 Å². The van der Waals surface area contributed by atoms with E-state index in [9.17, 15) is 9.46 Å². The van der Waals surface area contributed by atoms with E-state index in [4.69, 9.17) is 14.0 Å². The summed E-state index contributed by atoms with van der Waals surface area (Å²) in [7, 11) is 2.60. The minimum atomic E-state index is -3.97. The van der Waals surface area contributed by atoms with Gasteiger partial charge in [-0.3, -0.25) is 9.05 Å². The Morgan fingerprint density at radius 1 is 1.19 bits per heavy atom. The molecule has 0 amide bonds. The summed E-state index contributed by atoms with van der Waals surface area (Å²) in [5.41, 5.74) is 1.21. The molecule has 1 unspecified atom stereocenters. The monoisotopic (exact) mass is 385 g/mol. The molecule has 1 aromatic carbocycles. The number of benzene rings is 1. The van der Waals surface area contributed by atoms with Gasteiger partial charge in [0.25, 0.3) is 0 Å². The molecule has 1 heterocycles. The standard InChI is InChI=1S/C18H28NO6P/c1-19-10-9-18(13-5-6-15(22-2)16(11-13)23-3)8-7-14(12-17(18)19)25-26(20,21)24-4/h5-6,11,14,17H,7-10,12H2,1-4H3,(H,20,21)/t14-,17+,18+/m1/s1. The molecule has 7 nitrogen and oxygen atoms in total. The minimum Gasteiger partial charge on any atom is -0.493 e. The van der Waals surface area contributed by atoms with Crippen LogP contribution in [0.25, 0.3) is 0 Å². The van der Waals surface area contributed by atoms with Gasteiger partial charge in [0.2, 0.25) is 0 Å². The van der Waals surface area contributed by atoms with Crippen molar-refractivity contribution in [2.24, 2.45) is 0 Å². The first-order valence-electron chi connectivity index (χ1n) is 8.85. The molecule has 1 saturated heterocycles. The molecule has 0 bridgehead atoms. The molecule has 1 saturated carbocycles. The second-order valence-electron chi connectivity index (χ2n) is 7.13. The van der Waals surface area contributed by atoms with Crippen molar-refractivity contribution >= 4 is 7.82 Å². The molecule has 0 spiro atoms. The van der Waals surface area contributed by atoms with Gasteiger partial charge in [0.15, 0.2) is 11.5 Å². The summed E-state index contributed by atoms with van der Waals surface area (Å²) in [6.07, 6.45) is 3.04. The molecule has 26 heavy (non-hydrogen) atoms. The molecule has 8 heteroatoms. The van der Waals surface area contributed by atoms with Gasteiger partial charge in [-0.15, -0.1) is 0 Å². The number of likely N-dealkylation sites (tertiary alicyclic amines) is 1. The summed E-state index contributed by atoms with van der Waals surface area (Å²) in [6.45, 7) is 0.979. The molecule has 1 aliphatic carbocycles. The van der Waals surface area contributed by atoms with E-state index in [1.165, 1.54) is 12.7 Å². The largest absolute Gasteiger partial charge is 0.493 e. The Bertz CT molecular complexity index is 698. The summed E-state index contributed by atoms with van der Waals surface area (Å²) < 4.78 is 32.6. The van der Waals surface area contributed by atoms with Crippen molar-refractivity contribution in [2.75, 3.05) is 34.9 Å². The maximum atomic E-state index is 11.8. The molecular formula is C18H28NO6P. The third-order valence-electron chi connectivity index (χ3n) is 5.95. The van der Waals surface area contributed by atoms with Crippen molar-refractivity contribution in [2.45, 2.75) is 43.2 Å². The van der Waals surface area contributed by atoms with Crippen molar-refractivity contribution in [3.8, 4) is 11.5 Å². The summed E-state index contributed by atoms with van der Waals surface area (Å²) in [5, 5.41) is 0. The first-order chi connectivity index (χ1) is 12.3. The van der Waals surface area contributed by atoms with Gasteiger partial charge in [-0.25, -0.2) is 4.57 Å². The smallest absolute Gasteiger partial charge is 0.472 e. The number of phosphoric ester groups is 1. The fourth-order valence-corrected chi connectivity index (χ4v) is 5.21. The molecule has 2 aliphatic rings. The number of hydrogen-bond acceptors (Lipinski definition) is 6. The molecule has 4 atom stereocenters. The van der Waals surface area contributed by atoms with Gasteiger partial charge in [0.1, 0.15) is 0 Å². The predicted octanol–water partition coefficient (Wildman–Crippen LogP) is 2.96. The van der Waals surface area contributed by atoms with Gasteiger partial charge in [0, 0.05) is 18.6 Å². The fourth-order valence-electron chi connectivity index (χ4n) is 4.56. The highest BCUT2D eigenvalue weighted by atomic mass is 31.2. The van der Waals surface area contributed by atoms with Crippen molar-refractivity contribution in [3.05, 3.63) is 23.8 Å². The van der Waals surface area contributed by atoms with Gasteiger partial charge in [-0.2, -0.15) is 0 Å². The lowest BCUT2D eigenvalue weighted by atomic mass is 9.65. The average molecular weight is 385 g/mol. The Balaban J connectivity index is 1.88. The highest BCUT2D eigenvalue weighted by molar-refractivity contribution is 7.47. The molecule has 1 aliphatic heterocycles. The molecule has 1 aromatic rings. The van der Waals surface area contributed by atoms with Gasteiger partial charge in [-0.05, 0) is 57.0 Å². The topological polar surface area (TPSA) is 77.5 Å². The zero-order valence-electron chi connectivity index (χ0n) is 15.8. The van der Waals surface area contributed by atoms with Crippen LogP contribution in [0, 0.1) is 0 Å². The quantitative estimate of drug-likeness (QED) is 0.755. The molecule has 0 radical (unpaired) electrons. The van der Waals surface area contributed by atoms with Crippen LogP contribution in [-0.4, -0.2) is 56.9 Å². The third-order valence-corrected chi connectivity index (χ3v) is 6.98. The van der Waals surface area contributed by atoms with Crippen LogP contribution in [-0.2, 0) is 19.0 Å². The first-order valence-corrected chi connectivity index (χ1v) is 10.3. The summed E-state index contributed by atoms with van der Waals surface area (Å²) >= 11 is 0. The predicted molar refractivity (Wildman–Crippen MR) is 97.8 cm³/mol. The second kappa shape index (κ2) is 7.49. The van der Waals surface area contributed by atoms with Gasteiger partial charge in [0.05, 0.1) is 20.3 Å².